The van der Waals surface area contributed by atoms with Crippen LogP contribution < -0.4 is 10.2 Å². The lowest BCUT2D eigenvalue weighted by molar-refractivity contribution is -0.119. The van der Waals surface area contributed by atoms with Gasteiger partial charge in [-0.15, -0.1) is 0 Å². The number of rotatable bonds is 7. The number of carbonyl (C=O) groups is 1. The lowest BCUT2D eigenvalue weighted by Crippen LogP contribution is -2.36. The van der Waals surface area contributed by atoms with E-state index in [0.717, 1.165) is 24.2 Å². The number of hydrogen-bond donors (Lipinski definition) is 2. The molecule has 4 heteroatoms. The van der Waals surface area contributed by atoms with E-state index in [-0.39, 0.29) is 5.91 Å². The van der Waals surface area contributed by atoms with Gasteiger partial charge in [0.1, 0.15) is 0 Å². The molecule has 106 valence electrons. The van der Waals surface area contributed by atoms with Crippen molar-refractivity contribution in [3.63, 3.8) is 0 Å². The molecule has 0 saturated heterocycles. The highest BCUT2D eigenvalue weighted by Gasteiger charge is 2.11. The zero-order valence-electron chi connectivity index (χ0n) is 12.0. The summed E-state index contributed by atoms with van der Waals surface area (Å²) in [6.07, 6.45) is 1.28. The van der Waals surface area contributed by atoms with Gasteiger partial charge >= 0.3 is 0 Å². The van der Waals surface area contributed by atoms with Crippen molar-refractivity contribution in [3.05, 3.63) is 29.8 Å². The third kappa shape index (κ3) is 4.56. The number of nitrogens with zero attached hydrogens (tertiary/aromatic N) is 1. The third-order valence-electron chi connectivity index (χ3n) is 3.14. The van der Waals surface area contributed by atoms with Gasteiger partial charge in [-0.2, -0.15) is 0 Å². The molecule has 0 spiro atoms. The lowest BCUT2D eigenvalue weighted by atomic mass is 10.1. The fourth-order valence-electron chi connectivity index (χ4n) is 1.96. The highest BCUT2D eigenvalue weighted by atomic mass is 16.3. The summed E-state index contributed by atoms with van der Waals surface area (Å²) in [6.45, 7) is 5.24. The zero-order valence-corrected chi connectivity index (χ0v) is 12.0. The van der Waals surface area contributed by atoms with Crippen molar-refractivity contribution < 1.29 is 9.90 Å². The summed E-state index contributed by atoms with van der Waals surface area (Å²) < 4.78 is 0. The second-order valence-electron chi connectivity index (χ2n) is 4.61. The molecule has 0 heterocycles. The van der Waals surface area contributed by atoms with Gasteiger partial charge in [0, 0.05) is 19.3 Å². The number of likely N-dealkylation sites (N-methyl/N-ethyl adjacent to an activating group) is 1. The minimum atomic E-state index is -0.410. The van der Waals surface area contributed by atoms with Crippen molar-refractivity contribution in [2.24, 2.45) is 0 Å². The van der Waals surface area contributed by atoms with Crippen LogP contribution in [0.5, 0.6) is 0 Å². The smallest absolute Gasteiger partial charge is 0.239 e. The van der Waals surface area contributed by atoms with Crippen LogP contribution in [-0.2, 0) is 4.79 Å². The third-order valence-corrected chi connectivity index (χ3v) is 3.14. The van der Waals surface area contributed by atoms with Crippen LogP contribution in [0, 0.1) is 0 Å². The summed E-state index contributed by atoms with van der Waals surface area (Å²) in [4.78, 5) is 13.5. The largest absolute Gasteiger partial charge is 0.388 e. The lowest BCUT2D eigenvalue weighted by Gasteiger charge is -2.24. The van der Waals surface area contributed by atoms with Gasteiger partial charge in [0.25, 0.3) is 0 Å². The van der Waals surface area contributed by atoms with E-state index in [4.69, 9.17) is 0 Å². The van der Waals surface area contributed by atoms with Crippen molar-refractivity contribution in [3.8, 4) is 0 Å². The Morgan fingerprint density at radius 2 is 1.95 bits per heavy atom. The summed E-state index contributed by atoms with van der Waals surface area (Å²) >= 11 is 0. The van der Waals surface area contributed by atoms with Gasteiger partial charge in [0.05, 0.1) is 12.6 Å². The normalized spacial score (nSPS) is 12.0. The van der Waals surface area contributed by atoms with Crippen LogP contribution in [0.4, 0.5) is 5.69 Å². The summed E-state index contributed by atoms with van der Waals surface area (Å²) in [5.41, 5.74) is 1.93. The predicted molar refractivity (Wildman–Crippen MR) is 78.3 cm³/mol. The molecule has 0 radical (unpaired) electrons. The number of benzene rings is 1. The fourth-order valence-corrected chi connectivity index (χ4v) is 1.96. The summed E-state index contributed by atoms with van der Waals surface area (Å²) in [5.74, 6) is 0.00567. The van der Waals surface area contributed by atoms with Crippen LogP contribution >= 0.6 is 0 Å². The number of nitrogens with one attached hydrogen (secondary N) is 1. The molecule has 0 bridgehead atoms. The Kier molecular flexibility index (Phi) is 6.36. The summed E-state index contributed by atoms with van der Waals surface area (Å²) in [6, 6.07) is 7.78. The van der Waals surface area contributed by atoms with Gasteiger partial charge in [0.15, 0.2) is 0 Å². The van der Waals surface area contributed by atoms with Gasteiger partial charge in [-0.25, -0.2) is 0 Å². The number of aliphatic hydroxyl groups excluding tert-OH is 1. The molecule has 1 amide bonds. The second kappa shape index (κ2) is 7.79. The van der Waals surface area contributed by atoms with Crippen molar-refractivity contribution >= 4 is 11.6 Å². The molecule has 0 aromatic heterocycles. The molecule has 1 aromatic rings. The number of aliphatic hydroxyl groups is 1. The summed E-state index contributed by atoms with van der Waals surface area (Å²) in [7, 11) is 1.65. The van der Waals surface area contributed by atoms with Gasteiger partial charge in [-0.3, -0.25) is 4.79 Å². The molecule has 0 saturated carbocycles. The highest BCUT2D eigenvalue weighted by Crippen LogP contribution is 2.21. The molecule has 0 fully saturated rings. The molecule has 1 atom stereocenters. The first-order valence-corrected chi connectivity index (χ1v) is 6.85. The zero-order chi connectivity index (χ0) is 14.3. The van der Waals surface area contributed by atoms with Crippen LogP contribution in [-0.4, -0.2) is 31.2 Å². The molecule has 1 unspecified atom stereocenters. The minimum Gasteiger partial charge on any atom is -0.388 e. The first-order chi connectivity index (χ1) is 9.12. The maximum absolute atomic E-state index is 11.5. The van der Waals surface area contributed by atoms with Crippen LogP contribution in [0.15, 0.2) is 24.3 Å². The van der Waals surface area contributed by atoms with E-state index in [2.05, 4.69) is 12.2 Å². The number of carbonyl (C=O) groups excluding carboxylic acids is 1. The molecule has 0 aliphatic rings. The van der Waals surface area contributed by atoms with E-state index >= 15 is 0 Å². The highest BCUT2D eigenvalue weighted by molar-refractivity contribution is 5.81. The molecule has 1 rings (SSSR count). The van der Waals surface area contributed by atoms with Crippen molar-refractivity contribution in [1.82, 2.24) is 5.32 Å². The average Bonchev–Trinajstić information content (AvgIpc) is 2.46. The van der Waals surface area contributed by atoms with Crippen LogP contribution in [0.1, 0.15) is 38.4 Å². The summed E-state index contributed by atoms with van der Waals surface area (Å²) in [5, 5.41) is 12.4. The van der Waals surface area contributed by atoms with Gasteiger partial charge in [0.2, 0.25) is 5.91 Å². The van der Waals surface area contributed by atoms with E-state index in [1.165, 1.54) is 0 Å². The molecular weight excluding hydrogens is 240 g/mol. The van der Waals surface area contributed by atoms with E-state index in [9.17, 15) is 9.90 Å². The van der Waals surface area contributed by atoms with Gasteiger partial charge in [-0.1, -0.05) is 26.0 Å². The number of hydrogen-bond acceptors (Lipinski definition) is 3. The Balaban J connectivity index is 2.81. The Morgan fingerprint density at radius 1 is 1.32 bits per heavy atom. The van der Waals surface area contributed by atoms with Crippen molar-refractivity contribution in [1.29, 1.82) is 0 Å². The Morgan fingerprint density at radius 3 is 2.42 bits per heavy atom. The maximum Gasteiger partial charge on any atom is 0.239 e. The Labute approximate surface area is 115 Å². The van der Waals surface area contributed by atoms with E-state index in [1.807, 2.05) is 36.1 Å². The Hall–Kier alpha value is -1.55. The van der Waals surface area contributed by atoms with Gasteiger partial charge in [-0.05, 0) is 30.5 Å². The van der Waals surface area contributed by atoms with E-state index in [0.29, 0.717) is 13.0 Å². The van der Waals surface area contributed by atoms with Crippen molar-refractivity contribution in [2.45, 2.75) is 32.8 Å². The van der Waals surface area contributed by atoms with Gasteiger partial charge < -0.3 is 15.3 Å². The molecule has 2 N–H and O–H groups in total. The van der Waals surface area contributed by atoms with Crippen LogP contribution in [0.3, 0.4) is 0 Å². The standard InChI is InChI=1S/C15H24N2O2/c1-4-10-17(11-15(19)16-3)13-8-6-12(7-9-13)14(18)5-2/h6-9,14,18H,4-5,10-11H2,1-3H3,(H,16,19). The van der Waals surface area contributed by atoms with Crippen LogP contribution in [0.25, 0.3) is 0 Å². The minimum absolute atomic E-state index is 0.00567. The van der Waals surface area contributed by atoms with E-state index < -0.39 is 6.10 Å². The first kappa shape index (κ1) is 15.5. The second-order valence-corrected chi connectivity index (χ2v) is 4.61. The Bertz CT molecular complexity index is 390. The number of anilines is 1. The first-order valence-electron chi connectivity index (χ1n) is 6.85. The molecular formula is C15H24N2O2. The molecule has 1 aromatic carbocycles. The SMILES string of the molecule is CCCN(CC(=O)NC)c1ccc(C(O)CC)cc1. The average molecular weight is 264 g/mol. The molecule has 4 nitrogen and oxygen atoms in total. The molecule has 0 aliphatic carbocycles. The molecule has 19 heavy (non-hydrogen) atoms. The fraction of sp³-hybridized carbons (Fsp3) is 0.533. The maximum atomic E-state index is 11.5. The monoisotopic (exact) mass is 264 g/mol. The van der Waals surface area contributed by atoms with Crippen molar-refractivity contribution in [2.75, 3.05) is 25.0 Å². The van der Waals surface area contributed by atoms with Crippen LogP contribution in [0.2, 0.25) is 0 Å². The topological polar surface area (TPSA) is 52.6 Å². The van der Waals surface area contributed by atoms with E-state index in [1.54, 1.807) is 7.05 Å². The number of amides is 1. The quantitative estimate of drug-likeness (QED) is 0.793. The predicted octanol–water partition coefficient (Wildman–Crippen LogP) is 2.09. The molecule has 0 aliphatic heterocycles.